The number of hydrogen-bond donors (Lipinski definition) is 3. The Kier molecular flexibility index (Phi) is 3.43. The van der Waals surface area contributed by atoms with Gasteiger partial charge < -0.3 is 20.8 Å². The minimum atomic E-state index is -0.970. The van der Waals surface area contributed by atoms with Crippen molar-refractivity contribution in [2.24, 2.45) is 5.92 Å². The minimum Gasteiger partial charge on any atom is -0.478 e. The van der Waals surface area contributed by atoms with Gasteiger partial charge in [-0.15, -0.1) is 0 Å². The van der Waals surface area contributed by atoms with Gasteiger partial charge in [-0.1, -0.05) is 6.92 Å². The minimum absolute atomic E-state index is 0.215. The van der Waals surface area contributed by atoms with Gasteiger partial charge in [-0.2, -0.15) is 0 Å². The zero-order chi connectivity index (χ0) is 13.3. The van der Waals surface area contributed by atoms with Crippen LogP contribution in [0.4, 0.5) is 11.4 Å². The molecule has 0 bridgehead atoms. The van der Waals surface area contributed by atoms with Crippen LogP contribution in [-0.4, -0.2) is 35.4 Å². The van der Waals surface area contributed by atoms with E-state index in [0.29, 0.717) is 17.9 Å². The maximum atomic E-state index is 11.0. The molecule has 1 saturated heterocycles. The van der Waals surface area contributed by atoms with E-state index in [2.05, 4.69) is 0 Å². The van der Waals surface area contributed by atoms with E-state index in [0.717, 1.165) is 13.0 Å². The number of aromatic carboxylic acids is 1. The Balaban J connectivity index is 2.27. The second kappa shape index (κ2) is 4.86. The highest BCUT2D eigenvalue weighted by Gasteiger charge is 2.25. The molecular weight excluding hydrogens is 232 g/mol. The number of anilines is 2. The highest BCUT2D eigenvalue weighted by Crippen LogP contribution is 2.29. The zero-order valence-corrected chi connectivity index (χ0v) is 10.3. The van der Waals surface area contributed by atoms with Crippen LogP contribution in [0.5, 0.6) is 0 Å². The van der Waals surface area contributed by atoms with Gasteiger partial charge in [0.1, 0.15) is 0 Å². The third-order valence-electron chi connectivity index (χ3n) is 3.54. The Bertz CT molecular complexity index is 462. The number of aliphatic hydroxyl groups is 1. The average molecular weight is 250 g/mol. The molecule has 0 aromatic heterocycles. The molecule has 5 nitrogen and oxygen atoms in total. The summed E-state index contributed by atoms with van der Waals surface area (Å²) in [5, 5.41) is 18.9. The van der Waals surface area contributed by atoms with Crippen molar-refractivity contribution in [3.8, 4) is 0 Å². The van der Waals surface area contributed by atoms with Crippen molar-refractivity contribution >= 4 is 17.3 Å². The monoisotopic (exact) mass is 250 g/mol. The number of carboxylic acid groups (broad SMARTS) is 1. The third-order valence-corrected chi connectivity index (χ3v) is 3.54. The topological polar surface area (TPSA) is 86.8 Å². The van der Waals surface area contributed by atoms with Gasteiger partial charge in [-0.05, 0) is 30.5 Å². The van der Waals surface area contributed by atoms with Crippen LogP contribution in [0.1, 0.15) is 23.7 Å². The molecule has 5 heteroatoms. The smallest absolute Gasteiger partial charge is 0.335 e. The van der Waals surface area contributed by atoms with E-state index < -0.39 is 12.1 Å². The van der Waals surface area contributed by atoms with Crippen molar-refractivity contribution in [3.63, 3.8) is 0 Å². The lowest BCUT2D eigenvalue weighted by Crippen LogP contribution is -2.43. The first kappa shape index (κ1) is 12.7. The molecule has 1 aromatic carbocycles. The molecule has 1 aliphatic heterocycles. The second-order valence-corrected chi connectivity index (χ2v) is 4.86. The third kappa shape index (κ3) is 2.41. The van der Waals surface area contributed by atoms with E-state index in [1.54, 1.807) is 12.1 Å². The first-order valence-corrected chi connectivity index (χ1v) is 6.05. The number of nitrogen functional groups attached to an aromatic ring is 1. The average Bonchev–Trinajstić information content (AvgIpc) is 2.33. The standard InChI is InChI=1S/C13H18N2O3/c1-8-4-5-15(7-12(8)16)11-6-9(13(17)18)2-3-10(11)14/h2-3,6,8,12,16H,4-5,7,14H2,1H3,(H,17,18). The van der Waals surface area contributed by atoms with Gasteiger partial charge >= 0.3 is 5.97 Å². The van der Waals surface area contributed by atoms with Crippen molar-refractivity contribution in [1.29, 1.82) is 0 Å². The van der Waals surface area contributed by atoms with Crippen molar-refractivity contribution in [2.45, 2.75) is 19.4 Å². The highest BCUT2D eigenvalue weighted by atomic mass is 16.4. The SMILES string of the molecule is CC1CCN(c2cc(C(=O)O)ccc2N)CC1O. The Morgan fingerprint density at radius 1 is 1.50 bits per heavy atom. The van der Waals surface area contributed by atoms with Gasteiger partial charge in [-0.25, -0.2) is 4.79 Å². The van der Waals surface area contributed by atoms with Crippen LogP contribution in [0, 0.1) is 5.92 Å². The quantitative estimate of drug-likeness (QED) is 0.686. The van der Waals surface area contributed by atoms with E-state index in [4.69, 9.17) is 10.8 Å². The van der Waals surface area contributed by atoms with Crippen molar-refractivity contribution in [2.75, 3.05) is 23.7 Å². The fraction of sp³-hybridized carbons (Fsp3) is 0.462. The molecule has 0 saturated carbocycles. The van der Waals surface area contributed by atoms with Crippen LogP contribution in [0.3, 0.4) is 0 Å². The first-order chi connectivity index (χ1) is 8.49. The lowest BCUT2D eigenvalue weighted by Gasteiger charge is -2.36. The van der Waals surface area contributed by atoms with Gasteiger partial charge in [0.25, 0.3) is 0 Å². The fourth-order valence-corrected chi connectivity index (χ4v) is 2.22. The largest absolute Gasteiger partial charge is 0.478 e. The summed E-state index contributed by atoms with van der Waals surface area (Å²) in [6, 6.07) is 4.66. The Hall–Kier alpha value is -1.75. The lowest BCUT2D eigenvalue weighted by molar-refractivity contribution is 0.0697. The van der Waals surface area contributed by atoms with E-state index >= 15 is 0 Å². The van der Waals surface area contributed by atoms with E-state index in [-0.39, 0.29) is 11.5 Å². The molecule has 2 atom stereocenters. The molecule has 2 unspecified atom stereocenters. The zero-order valence-electron chi connectivity index (χ0n) is 10.3. The van der Waals surface area contributed by atoms with Crippen LogP contribution < -0.4 is 10.6 Å². The molecule has 0 radical (unpaired) electrons. The predicted molar refractivity (Wildman–Crippen MR) is 69.8 cm³/mol. The number of carboxylic acids is 1. The Labute approximate surface area is 106 Å². The summed E-state index contributed by atoms with van der Waals surface area (Å²) >= 11 is 0. The summed E-state index contributed by atoms with van der Waals surface area (Å²) in [5.74, 6) is -0.702. The van der Waals surface area contributed by atoms with Crippen LogP contribution in [-0.2, 0) is 0 Å². The van der Waals surface area contributed by atoms with Gasteiger partial charge in [0, 0.05) is 13.1 Å². The number of hydrogen-bond acceptors (Lipinski definition) is 4. The molecule has 0 amide bonds. The molecule has 0 spiro atoms. The molecule has 4 N–H and O–H groups in total. The fourth-order valence-electron chi connectivity index (χ4n) is 2.22. The van der Waals surface area contributed by atoms with Gasteiger partial charge in [0.15, 0.2) is 0 Å². The van der Waals surface area contributed by atoms with Gasteiger partial charge in [0.05, 0.1) is 23.0 Å². The number of carbonyl (C=O) groups is 1. The summed E-state index contributed by atoms with van der Waals surface area (Å²) in [6.45, 7) is 3.29. The van der Waals surface area contributed by atoms with Crippen LogP contribution in [0.15, 0.2) is 18.2 Å². The summed E-state index contributed by atoms with van der Waals surface area (Å²) in [7, 11) is 0. The number of rotatable bonds is 2. The summed E-state index contributed by atoms with van der Waals surface area (Å²) in [5.41, 5.74) is 7.34. The molecule has 1 fully saturated rings. The van der Waals surface area contributed by atoms with Crippen molar-refractivity contribution in [3.05, 3.63) is 23.8 Å². The molecule has 1 aromatic rings. The lowest BCUT2D eigenvalue weighted by atomic mass is 9.95. The molecule has 1 heterocycles. The number of aliphatic hydroxyl groups excluding tert-OH is 1. The number of nitrogens with zero attached hydrogens (tertiary/aromatic N) is 1. The van der Waals surface area contributed by atoms with Gasteiger partial charge in [0.2, 0.25) is 0 Å². The molecule has 18 heavy (non-hydrogen) atoms. The van der Waals surface area contributed by atoms with Crippen LogP contribution >= 0.6 is 0 Å². The Morgan fingerprint density at radius 2 is 2.22 bits per heavy atom. The van der Waals surface area contributed by atoms with Crippen LogP contribution in [0.2, 0.25) is 0 Å². The first-order valence-electron chi connectivity index (χ1n) is 6.05. The van der Waals surface area contributed by atoms with E-state index in [1.807, 2.05) is 11.8 Å². The predicted octanol–water partition coefficient (Wildman–Crippen LogP) is 1.17. The highest BCUT2D eigenvalue weighted by molar-refractivity contribution is 5.90. The van der Waals surface area contributed by atoms with Crippen molar-refractivity contribution < 1.29 is 15.0 Å². The second-order valence-electron chi connectivity index (χ2n) is 4.86. The molecule has 0 aliphatic carbocycles. The maximum Gasteiger partial charge on any atom is 0.335 e. The van der Waals surface area contributed by atoms with E-state index in [1.165, 1.54) is 6.07 Å². The normalized spacial score (nSPS) is 24.0. The molecular formula is C13H18N2O3. The van der Waals surface area contributed by atoms with E-state index in [9.17, 15) is 9.90 Å². The molecule has 2 rings (SSSR count). The van der Waals surface area contributed by atoms with Crippen molar-refractivity contribution in [1.82, 2.24) is 0 Å². The number of β-amino-alcohol motifs (C(OH)–C–C–N with tert-alkyl or cyclic N) is 1. The van der Waals surface area contributed by atoms with Gasteiger partial charge in [-0.3, -0.25) is 0 Å². The summed E-state index contributed by atoms with van der Waals surface area (Å²) in [6.07, 6.45) is 0.476. The number of nitrogens with two attached hydrogens (primary N) is 1. The summed E-state index contributed by atoms with van der Waals surface area (Å²) in [4.78, 5) is 12.9. The number of piperidine rings is 1. The Morgan fingerprint density at radius 3 is 2.83 bits per heavy atom. The molecule has 1 aliphatic rings. The summed E-state index contributed by atoms with van der Waals surface area (Å²) < 4.78 is 0. The maximum absolute atomic E-state index is 11.0. The molecule has 98 valence electrons. The number of benzene rings is 1. The van der Waals surface area contributed by atoms with Crippen LogP contribution in [0.25, 0.3) is 0 Å².